The summed E-state index contributed by atoms with van der Waals surface area (Å²) in [6.07, 6.45) is 3.01. The van der Waals surface area contributed by atoms with Gasteiger partial charge in [-0.2, -0.15) is 5.26 Å². The predicted octanol–water partition coefficient (Wildman–Crippen LogP) is 4.02. The summed E-state index contributed by atoms with van der Waals surface area (Å²) in [6.45, 7) is 1.50. The SMILES string of the molecule is N#Cc1cccc(CCCCOc2ccc(CCNC[C@H](O)c3ccc(O)c(CO)c3)cc2)c1. The number of aliphatic hydroxyl groups is 2. The van der Waals surface area contributed by atoms with Crippen LogP contribution in [-0.2, 0) is 19.4 Å². The van der Waals surface area contributed by atoms with Crippen LogP contribution in [0.1, 0.15) is 46.8 Å². The summed E-state index contributed by atoms with van der Waals surface area (Å²) in [6, 6.07) is 22.7. The first-order valence-electron chi connectivity index (χ1n) is 11.6. The third kappa shape index (κ3) is 7.89. The third-order valence-electron chi connectivity index (χ3n) is 5.69. The Bertz CT molecular complexity index is 1080. The zero-order valence-electron chi connectivity index (χ0n) is 19.3. The second-order valence-corrected chi connectivity index (χ2v) is 8.28. The van der Waals surface area contributed by atoms with Gasteiger partial charge in [-0.05, 0) is 85.3 Å². The Balaban J connectivity index is 1.31. The minimum absolute atomic E-state index is 0.0288. The summed E-state index contributed by atoms with van der Waals surface area (Å²) in [5, 5.41) is 41.4. The number of aromatic hydroxyl groups is 1. The van der Waals surface area contributed by atoms with Crippen molar-refractivity contribution in [3.63, 3.8) is 0 Å². The lowest BCUT2D eigenvalue weighted by Gasteiger charge is -2.14. The minimum Gasteiger partial charge on any atom is -0.508 e. The average molecular weight is 461 g/mol. The molecule has 1 atom stereocenters. The number of nitrogens with one attached hydrogen (secondary N) is 1. The molecule has 0 spiro atoms. The number of phenols is 1. The highest BCUT2D eigenvalue weighted by molar-refractivity contribution is 5.36. The highest BCUT2D eigenvalue weighted by Crippen LogP contribution is 2.22. The number of benzene rings is 3. The molecule has 0 aliphatic carbocycles. The zero-order valence-corrected chi connectivity index (χ0v) is 19.3. The van der Waals surface area contributed by atoms with Crippen molar-refractivity contribution in [2.45, 2.75) is 38.4 Å². The monoisotopic (exact) mass is 460 g/mol. The van der Waals surface area contributed by atoms with Gasteiger partial charge in [-0.15, -0.1) is 0 Å². The van der Waals surface area contributed by atoms with Crippen LogP contribution in [0.25, 0.3) is 0 Å². The first-order chi connectivity index (χ1) is 16.6. The Morgan fingerprint density at radius 1 is 0.941 bits per heavy atom. The van der Waals surface area contributed by atoms with Crippen LogP contribution in [-0.4, -0.2) is 35.0 Å². The lowest BCUT2D eigenvalue weighted by atomic mass is 10.1. The van der Waals surface area contributed by atoms with Crippen LogP contribution >= 0.6 is 0 Å². The van der Waals surface area contributed by atoms with Crippen LogP contribution in [0, 0.1) is 11.3 Å². The van der Waals surface area contributed by atoms with Gasteiger partial charge in [0.2, 0.25) is 0 Å². The number of hydrogen-bond acceptors (Lipinski definition) is 6. The standard InChI is InChI=1S/C28H32N2O4/c29-18-23-6-3-5-22(16-23)4-1-2-15-34-26-10-7-21(8-11-26)13-14-30-19-28(33)24-9-12-27(32)25(17-24)20-31/h3,5-12,16-17,28,30-33H,1-2,4,13-15,19-20H2/t28-/m0/s1. The Morgan fingerprint density at radius 2 is 1.76 bits per heavy atom. The maximum Gasteiger partial charge on any atom is 0.121 e. The van der Waals surface area contributed by atoms with E-state index in [0.717, 1.165) is 38.0 Å². The fourth-order valence-corrected chi connectivity index (χ4v) is 3.70. The van der Waals surface area contributed by atoms with Crippen LogP contribution in [0.3, 0.4) is 0 Å². The van der Waals surface area contributed by atoms with Crippen molar-refractivity contribution in [2.24, 2.45) is 0 Å². The van der Waals surface area contributed by atoms with Gasteiger partial charge in [0.1, 0.15) is 11.5 Å². The van der Waals surface area contributed by atoms with E-state index in [4.69, 9.17) is 10.00 Å². The molecule has 0 aliphatic heterocycles. The summed E-state index contributed by atoms with van der Waals surface area (Å²) in [5.41, 5.74) is 4.13. The zero-order chi connectivity index (χ0) is 24.2. The third-order valence-corrected chi connectivity index (χ3v) is 5.69. The number of aryl methyl sites for hydroxylation is 1. The van der Waals surface area contributed by atoms with Gasteiger partial charge in [0, 0.05) is 12.1 Å². The molecule has 3 aromatic rings. The molecule has 0 aliphatic rings. The molecular weight excluding hydrogens is 428 g/mol. The number of ether oxygens (including phenoxy) is 1. The number of aliphatic hydroxyl groups excluding tert-OH is 2. The quantitative estimate of drug-likeness (QED) is 0.287. The van der Waals surface area contributed by atoms with E-state index in [0.29, 0.717) is 29.8 Å². The smallest absolute Gasteiger partial charge is 0.121 e. The summed E-state index contributed by atoms with van der Waals surface area (Å²) in [7, 11) is 0. The maximum atomic E-state index is 10.3. The molecule has 0 heterocycles. The topological polar surface area (TPSA) is 106 Å². The highest BCUT2D eigenvalue weighted by Gasteiger charge is 2.10. The minimum atomic E-state index is -0.711. The van der Waals surface area contributed by atoms with Crippen molar-refractivity contribution in [1.29, 1.82) is 5.26 Å². The molecule has 3 rings (SSSR count). The van der Waals surface area contributed by atoms with E-state index in [-0.39, 0.29) is 12.4 Å². The molecular formula is C28H32N2O4. The second kappa shape index (κ2) is 13.4. The first kappa shape index (κ1) is 25.3. The molecule has 6 heteroatoms. The summed E-state index contributed by atoms with van der Waals surface area (Å²) < 4.78 is 5.84. The van der Waals surface area contributed by atoms with E-state index >= 15 is 0 Å². The van der Waals surface area contributed by atoms with Gasteiger partial charge in [0.05, 0.1) is 31.0 Å². The second-order valence-electron chi connectivity index (χ2n) is 8.28. The predicted molar refractivity (Wildman–Crippen MR) is 132 cm³/mol. The van der Waals surface area contributed by atoms with Crippen LogP contribution < -0.4 is 10.1 Å². The summed E-state index contributed by atoms with van der Waals surface area (Å²) >= 11 is 0. The fourth-order valence-electron chi connectivity index (χ4n) is 3.70. The largest absolute Gasteiger partial charge is 0.508 e. The van der Waals surface area contributed by atoms with Crippen molar-refractivity contribution in [1.82, 2.24) is 5.32 Å². The molecule has 0 fully saturated rings. The molecule has 0 aromatic heterocycles. The van der Waals surface area contributed by atoms with Crippen molar-refractivity contribution in [3.05, 3.63) is 94.5 Å². The first-order valence-corrected chi connectivity index (χ1v) is 11.6. The van der Waals surface area contributed by atoms with Gasteiger partial charge in [-0.3, -0.25) is 0 Å². The Morgan fingerprint density at radius 3 is 2.53 bits per heavy atom. The van der Waals surface area contributed by atoms with E-state index < -0.39 is 6.10 Å². The van der Waals surface area contributed by atoms with E-state index in [1.165, 1.54) is 17.2 Å². The Labute approximate surface area is 201 Å². The molecule has 6 nitrogen and oxygen atoms in total. The highest BCUT2D eigenvalue weighted by atomic mass is 16.5. The van der Waals surface area contributed by atoms with Crippen molar-refractivity contribution in [2.75, 3.05) is 19.7 Å². The number of unbranched alkanes of at least 4 members (excludes halogenated alkanes) is 1. The van der Waals surface area contributed by atoms with Crippen LogP contribution in [0.5, 0.6) is 11.5 Å². The van der Waals surface area contributed by atoms with Gasteiger partial charge in [-0.1, -0.05) is 30.3 Å². The van der Waals surface area contributed by atoms with E-state index in [1.807, 2.05) is 42.5 Å². The molecule has 4 N–H and O–H groups in total. The molecule has 0 unspecified atom stereocenters. The van der Waals surface area contributed by atoms with Crippen LogP contribution in [0.4, 0.5) is 0 Å². The fraction of sp³-hybridized carbons (Fsp3) is 0.321. The van der Waals surface area contributed by atoms with Crippen molar-refractivity contribution in [3.8, 4) is 17.6 Å². The number of nitrogens with zero attached hydrogens (tertiary/aromatic N) is 1. The van der Waals surface area contributed by atoms with Crippen molar-refractivity contribution < 1.29 is 20.1 Å². The maximum absolute atomic E-state index is 10.3. The van der Waals surface area contributed by atoms with E-state index in [9.17, 15) is 15.3 Å². The van der Waals surface area contributed by atoms with E-state index in [1.54, 1.807) is 12.1 Å². The molecule has 0 amide bonds. The summed E-state index contributed by atoms with van der Waals surface area (Å²) in [4.78, 5) is 0. The molecule has 34 heavy (non-hydrogen) atoms. The van der Waals surface area contributed by atoms with Gasteiger partial charge in [0.15, 0.2) is 0 Å². The normalized spacial score (nSPS) is 11.7. The molecule has 0 radical (unpaired) electrons. The van der Waals surface area contributed by atoms with Gasteiger partial charge in [0.25, 0.3) is 0 Å². The number of nitriles is 1. The van der Waals surface area contributed by atoms with Gasteiger partial charge < -0.3 is 25.4 Å². The van der Waals surface area contributed by atoms with E-state index in [2.05, 4.69) is 17.5 Å². The Hall–Kier alpha value is -3.37. The molecule has 0 saturated heterocycles. The molecule has 178 valence electrons. The van der Waals surface area contributed by atoms with Crippen LogP contribution in [0.15, 0.2) is 66.7 Å². The summed E-state index contributed by atoms with van der Waals surface area (Å²) in [5.74, 6) is 0.881. The lowest BCUT2D eigenvalue weighted by molar-refractivity contribution is 0.174. The molecule has 0 saturated carbocycles. The number of hydrogen-bond donors (Lipinski definition) is 4. The van der Waals surface area contributed by atoms with Gasteiger partial charge in [-0.25, -0.2) is 0 Å². The van der Waals surface area contributed by atoms with Gasteiger partial charge >= 0.3 is 0 Å². The molecule has 0 bridgehead atoms. The van der Waals surface area contributed by atoms with Crippen molar-refractivity contribution >= 4 is 0 Å². The lowest BCUT2D eigenvalue weighted by Crippen LogP contribution is -2.23. The van der Waals surface area contributed by atoms with Crippen LogP contribution in [0.2, 0.25) is 0 Å². The number of rotatable bonds is 13. The Kier molecular flexibility index (Phi) is 9.93. The molecule has 3 aromatic carbocycles. The average Bonchev–Trinajstić information content (AvgIpc) is 2.87.